The van der Waals surface area contributed by atoms with Gasteiger partial charge in [0, 0.05) is 11.9 Å². The van der Waals surface area contributed by atoms with Gasteiger partial charge in [0.25, 0.3) is 5.91 Å². The van der Waals surface area contributed by atoms with Crippen molar-refractivity contribution in [2.45, 2.75) is 39.7 Å². The highest BCUT2D eigenvalue weighted by Gasteiger charge is 2.20. The Bertz CT molecular complexity index is 733. The lowest BCUT2D eigenvalue weighted by atomic mass is 9.85. The molecule has 0 saturated carbocycles. The summed E-state index contributed by atoms with van der Waals surface area (Å²) < 4.78 is 5.78. The molecule has 6 heteroatoms. The lowest BCUT2D eigenvalue weighted by Crippen LogP contribution is -2.22. The number of amides is 1. The SMILES string of the molecule is Cc1ccc(OCC(=O)Nc2nc(CN(C)C)cs2)c(C(C)(C)C)c1. The highest BCUT2D eigenvalue weighted by atomic mass is 32.1. The van der Waals surface area contributed by atoms with E-state index in [9.17, 15) is 4.79 Å². The van der Waals surface area contributed by atoms with E-state index in [1.54, 1.807) is 0 Å². The van der Waals surface area contributed by atoms with Gasteiger partial charge < -0.3 is 9.64 Å². The third-order valence-electron chi connectivity index (χ3n) is 3.58. The number of carbonyl (C=O) groups is 1. The molecule has 0 saturated heterocycles. The summed E-state index contributed by atoms with van der Waals surface area (Å²) in [7, 11) is 3.97. The summed E-state index contributed by atoms with van der Waals surface area (Å²) in [4.78, 5) is 18.6. The molecule has 0 atom stereocenters. The molecule has 25 heavy (non-hydrogen) atoms. The molecule has 1 N–H and O–H groups in total. The van der Waals surface area contributed by atoms with Gasteiger partial charge in [-0.25, -0.2) is 4.98 Å². The van der Waals surface area contributed by atoms with Crippen LogP contribution in [-0.4, -0.2) is 36.5 Å². The minimum Gasteiger partial charge on any atom is -0.483 e. The van der Waals surface area contributed by atoms with Crippen molar-refractivity contribution in [1.82, 2.24) is 9.88 Å². The molecule has 0 unspecified atom stereocenters. The Labute approximate surface area is 154 Å². The monoisotopic (exact) mass is 361 g/mol. The van der Waals surface area contributed by atoms with Crippen molar-refractivity contribution >= 4 is 22.4 Å². The van der Waals surface area contributed by atoms with Gasteiger partial charge in [-0.3, -0.25) is 10.1 Å². The summed E-state index contributed by atoms with van der Waals surface area (Å²) in [6.07, 6.45) is 0. The van der Waals surface area contributed by atoms with E-state index in [0.717, 1.165) is 23.6 Å². The second kappa shape index (κ2) is 7.97. The number of thiazole rings is 1. The largest absolute Gasteiger partial charge is 0.483 e. The summed E-state index contributed by atoms with van der Waals surface area (Å²) in [5, 5.41) is 5.36. The molecule has 0 radical (unpaired) electrons. The molecule has 1 aromatic heterocycles. The number of anilines is 1. The van der Waals surface area contributed by atoms with E-state index < -0.39 is 0 Å². The summed E-state index contributed by atoms with van der Waals surface area (Å²) in [6.45, 7) is 9.18. The van der Waals surface area contributed by atoms with Crippen molar-refractivity contribution in [3.8, 4) is 5.75 Å². The number of hydrogen-bond acceptors (Lipinski definition) is 5. The van der Waals surface area contributed by atoms with Crippen molar-refractivity contribution in [1.29, 1.82) is 0 Å². The maximum absolute atomic E-state index is 12.2. The predicted molar refractivity (Wildman–Crippen MR) is 104 cm³/mol. The summed E-state index contributed by atoms with van der Waals surface area (Å²) in [6, 6.07) is 6.04. The maximum atomic E-state index is 12.2. The lowest BCUT2D eigenvalue weighted by Gasteiger charge is -2.23. The summed E-state index contributed by atoms with van der Waals surface area (Å²) in [5.41, 5.74) is 3.18. The highest BCUT2D eigenvalue weighted by Crippen LogP contribution is 2.32. The standard InChI is InChI=1S/C19H27N3O2S/c1-13-7-8-16(15(9-13)19(2,3)4)24-11-17(23)21-18-20-14(12-25-18)10-22(5)6/h7-9,12H,10-11H2,1-6H3,(H,20,21,23). The average Bonchev–Trinajstić information content (AvgIpc) is 2.91. The van der Waals surface area contributed by atoms with Gasteiger partial charge in [0.15, 0.2) is 11.7 Å². The van der Waals surface area contributed by atoms with E-state index in [0.29, 0.717) is 5.13 Å². The van der Waals surface area contributed by atoms with Crippen molar-refractivity contribution in [3.63, 3.8) is 0 Å². The van der Waals surface area contributed by atoms with Crippen LogP contribution in [0, 0.1) is 6.92 Å². The summed E-state index contributed by atoms with van der Waals surface area (Å²) in [5.74, 6) is 0.548. The summed E-state index contributed by atoms with van der Waals surface area (Å²) >= 11 is 1.43. The Morgan fingerprint density at radius 1 is 1.32 bits per heavy atom. The van der Waals surface area contributed by atoms with E-state index in [1.165, 1.54) is 16.9 Å². The molecule has 0 aliphatic rings. The van der Waals surface area contributed by atoms with Crippen LogP contribution in [0.1, 0.15) is 37.6 Å². The van der Waals surface area contributed by atoms with Crippen LogP contribution in [0.3, 0.4) is 0 Å². The average molecular weight is 362 g/mol. The minimum absolute atomic E-state index is 0.0330. The van der Waals surface area contributed by atoms with Crippen molar-refractivity contribution in [3.05, 3.63) is 40.4 Å². The van der Waals surface area contributed by atoms with Crippen molar-refractivity contribution in [2.75, 3.05) is 26.0 Å². The molecule has 1 heterocycles. The molecule has 0 spiro atoms. The minimum atomic E-state index is -0.203. The zero-order chi connectivity index (χ0) is 18.6. The maximum Gasteiger partial charge on any atom is 0.264 e. The van der Waals surface area contributed by atoms with E-state index >= 15 is 0 Å². The molecule has 5 nitrogen and oxygen atoms in total. The second-order valence-corrected chi connectivity index (χ2v) is 8.33. The van der Waals surface area contributed by atoms with Gasteiger partial charge in [-0.2, -0.15) is 0 Å². The molecular formula is C19H27N3O2S. The zero-order valence-corrected chi connectivity index (χ0v) is 16.7. The van der Waals surface area contributed by atoms with Crippen LogP contribution >= 0.6 is 11.3 Å². The van der Waals surface area contributed by atoms with E-state index in [4.69, 9.17) is 4.74 Å². The highest BCUT2D eigenvalue weighted by molar-refractivity contribution is 7.13. The molecule has 0 aliphatic carbocycles. The molecule has 1 amide bonds. The number of hydrogen-bond donors (Lipinski definition) is 1. The number of aromatic nitrogens is 1. The Hall–Kier alpha value is -1.92. The van der Waals surface area contributed by atoms with Gasteiger partial charge in [-0.1, -0.05) is 38.5 Å². The van der Waals surface area contributed by atoms with E-state index in [1.807, 2.05) is 36.5 Å². The number of carbonyl (C=O) groups excluding carboxylic acids is 1. The van der Waals surface area contributed by atoms with Gasteiger partial charge in [0.2, 0.25) is 0 Å². The van der Waals surface area contributed by atoms with Crippen LogP contribution < -0.4 is 10.1 Å². The Balaban J connectivity index is 1.97. The fraction of sp³-hybridized carbons (Fsp3) is 0.474. The number of aryl methyl sites for hydroxylation is 1. The molecular weight excluding hydrogens is 334 g/mol. The fourth-order valence-corrected chi connectivity index (χ4v) is 3.13. The van der Waals surface area contributed by atoms with Crippen LogP contribution in [0.25, 0.3) is 0 Å². The smallest absolute Gasteiger partial charge is 0.264 e. The van der Waals surface area contributed by atoms with Gasteiger partial charge in [-0.05, 0) is 38.1 Å². The van der Waals surface area contributed by atoms with Crippen molar-refractivity contribution < 1.29 is 9.53 Å². The number of rotatable bonds is 6. The first-order valence-electron chi connectivity index (χ1n) is 8.28. The van der Waals surface area contributed by atoms with E-state index in [-0.39, 0.29) is 17.9 Å². The lowest BCUT2D eigenvalue weighted by molar-refractivity contribution is -0.118. The Morgan fingerprint density at radius 2 is 2.04 bits per heavy atom. The van der Waals surface area contributed by atoms with Gasteiger partial charge in [-0.15, -0.1) is 11.3 Å². The molecule has 0 fully saturated rings. The van der Waals surface area contributed by atoms with Crippen LogP contribution in [-0.2, 0) is 16.8 Å². The van der Waals surface area contributed by atoms with Gasteiger partial charge in [0.05, 0.1) is 5.69 Å². The number of benzene rings is 1. The predicted octanol–water partition coefficient (Wildman–Crippen LogP) is 3.83. The zero-order valence-electron chi connectivity index (χ0n) is 15.8. The normalized spacial score (nSPS) is 11.6. The first-order valence-corrected chi connectivity index (χ1v) is 9.16. The molecule has 0 bridgehead atoms. The molecule has 0 aliphatic heterocycles. The van der Waals surface area contributed by atoms with Gasteiger partial charge in [0.1, 0.15) is 5.75 Å². The third-order valence-corrected chi connectivity index (χ3v) is 4.38. The molecule has 2 rings (SSSR count). The number of nitrogens with zero attached hydrogens (tertiary/aromatic N) is 2. The number of ether oxygens (including phenoxy) is 1. The van der Waals surface area contributed by atoms with Gasteiger partial charge >= 0.3 is 0 Å². The second-order valence-electron chi connectivity index (χ2n) is 7.47. The van der Waals surface area contributed by atoms with Crippen LogP contribution in [0.5, 0.6) is 5.75 Å². The topological polar surface area (TPSA) is 54.5 Å². The van der Waals surface area contributed by atoms with Crippen LogP contribution in [0.2, 0.25) is 0 Å². The first-order chi connectivity index (χ1) is 11.6. The molecule has 2 aromatic rings. The van der Waals surface area contributed by atoms with E-state index in [2.05, 4.69) is 44.1 Å². The Kier molecular flexibility index (Phi) is 6.19. The van der Waals surface area contributed by atoms with Crippen molar-refractivity contribution in [2.24, 2.45) is 0 Å². The Morgan fingerprint density at radius 3 is 2.68 bits per heavy atom. The fourth-order valence-electron chi connectivity index (χ4n) is 2.42. The van der Waals surface area contributed by atoms with Crippen LogP contribution in [0.15, 0.2) is 23.6 Å². The molecule has 1 aromatic carbocycles. The third kappa shape index (κ3) is 5.83. The van der Waals surface area contributed by atoms with Crippen LogP contribution in [0.4, 0.5) is 5.13 Å². The quantitative estimate of drug-likeness (QED) is 0.850. The first kappa shape index (κ1) is 19.4. The number of nitrogens with one attached hydrogen (secondary N) is 1. The molecule has 136 valence electrons.